The van der Waals surface area contributed by atoms with Crippen molar-refractivity contribution in [3.8, 4) is 5.75 Å². The first-order chi connectivity index (χ1) is 13.6. The van der Waals surface area contributed by atoms with E-state index in [1.54, 1.807) is 23.1 Å². The number of nitrogens with one attached hydrogen (secondary N) is 1. The maximum absolute atomic E-state index is 12.5. The summed E-state index contributed by atoms with van der Waals surface area (Å²) in [4.78, 5) is 16.7. The predicted molar refractivity (Wildman–Crippen MR) is 103 cm³/mol. The van der Waals surface area contributed by atoms with Crippen molar-refractivity contribution in [2.45, 2.75) is 26.1 Å². The summed E-state index contributed by atoms with van der Waals surface area (Å²) in [6, 6.07) is 16.6. The molecule has 150 valence electrons. The Morgan fingerprint density at radius 3 is 2.54 bits per heavy atom. The van der Waals surface area contributed by atoms with Crippen LogP contribution in [-0.4, -0.2) is 48.6 Å². The molecule has 0 atom stereocenters. The van der Waals surface area contributed by atoms with Gasteiger partial charge in [0.05, 0.1) is 0 Å². The highest BCUT2D eigenvalue weighted by Crippen LogP contribution is 2.20. The van der Waals surface area contributed by atoms with Crippen LogP contribution in [0.15, 0.2) is 54.6 Å². The molecule has 0 unspecified atom stereocenters. The van der Waals surface area contributed by atoms with Gasteiger partial charge in [-0.15, -0.1) is 0 Å². The first kappa shape index (κ1) is 20.1. The second-order valence-corrected chi connectivity index (χ2v) is 6.75. The summed E-state index contributed by atoms with van der Waals surface area (Å²) < 4.78 is 29.5. The lowest BCUT2D eigenvalue weighted by molar-refractivity contribution is -0.0504. The van der Waals surface area contributed by atoms with Gasteiger partial charge >= 0.3 is 12.6 Å². The monoisotopic (exact) mass is 389 g/mol. The molecule has 1 fully saturated rings. The Labute approximate surface area is 163 Å². The predicted octanol–water partition coefficient (Wildman–Crippen LogP) is 3.71. The van der Waals surface area contributed by atoms with Crippen LogP contribution in [0.3, 0.4) is 0 Å². The molecule has 0 bridgehead atoms. The molecule has 3 rings (SSSR count). The quantitative estimate of drug-likeness (QED) is 0.819. The van der Waals surface area contributed by atoms with E-state index in [4.69, 9.17) is 0 Å². The molecule has 5 nitrogen and oxygen atoms in total. The number of para-hydroxylation sites is 1. The molecule has 1 aliphatic heterocycles. The Hall–Kier alpha value is -2.67. The molecule has 1 saturated heterocycles. The van der Waals surface area contributed by atoms with Gasteiger partial charge in [0, 0.05) is 44.8 Å². The Morgan fingerprint density at radius 1 is 1.00 bits per heavy atom. The first-order valence-corrected chi connectivity index (χ1v) is 9.43. The molecule has 2 amide bonds. The Bertz CT molecular complexity index is 758. The van der Waals surface area contributed by atoms with Crippen LogP contribution in [-0.2, 0) is 13.1 Å². The number of urea groups is 1. The van der Waals surface area contributed by atoms with E-state index in [9.17, 15) is 13.6 Å². The van der Waals surface area contributed by atoms with Gasteiger partial charge < -0.3 is 15.0 Å². The fraction of sp³-hybridized carbons (Fsp3) is 0.381. The molecule has 0 saturated carbocycles. The van der Waals surface area contributed by atoms with Crippen molar-refractivity contribution >= 4 is 6.03 Å². The summed E-state index contributed by atoms with van der Waals surface area (Å²) in [6.45, 7) is 1.16. The Morgan fingerprint density at radius 2 is 1.75 bits per heavy atom. The molecule has 2 aromatic carbocycles. The minimum atomic E-state index is -2.89. The molecule has 0 aliphatic carbocycles. The molecule has 1 heterocycles. The third-order valence-electron chi connectivity index (χ3n) is 4.74. The van der Waals surface area contributed by atoms with Gasteiger partial charge in [0.2, 0.25) is 0 Å². The van der Waals surface area contributed by atoms with E-state index in [0.717, 1.165) is 26.1 Å². The topological polar surface area (TPSA) is 44.8 Å². The number of carbonyl (C=O) groups is 1. The second-order valence-electron chi connectivity index (χ2n) is 6.75. The van der Waals surface area contributed by atoms with Gasteiger partial charge in [-0.3, -0.25) is 4.90 Å². The minimum absolute atomic E-state index is 0.0858. The molecule has 1 aliphatic rings. The summed E-state index contributed by atoms with van der Waals surface area (Å²) >= 11 is 0. The van der Waals surface area contributed by atoms with Crippen LogP contribution in [0.4, 0.5) is 13.6 Å². The number of hydrogen-bond acceptors (Lipinski definition) is 3. The Kier molecular flexibility index (Phi) is 7.19. The molecular weight excluding hydrogens is 364 g/mol. The van der Waals surface area contributed by atoms with E-state index in [0.29, 0.717) is 18.7 Å². The van der Waals surface area contributed by atoms with E-state index in [1.807, 2.05) is 18.2 Å². The van der Waals surface area contributed by atoms with Gasteiger partial charge in [-0.05, 0) is 18.1 Å². The van der Waals surface area contributed by atoms with Gasteiger partial charge in [0.1, 0.15) is 5.75 Å². The van der Waals surface area contributed by atoms with E-state index >= 15 is 0 Å². The third kappa shape index (κ3) is 5.92. The van der Waals surface area contributed by atoms with Crippen LogP contribution in [0.25, 0.3) is 0 Å². The number of nitrogens with zero attached hydrogens (tertiary/aromatic N) is 2. The third-order valence-corrected chi connectivity index (χ3v) is 4.74. The lowest BCUT2D eigenvalue weighted by Gasteiger charge is -2.22. The number of halogens is 2. The molecule has 0 radical (unpaired) electrons. The number of ether oxygens (including phenoxy) is 1. The van der Waals surface area contributed by atoms with Crippen LogP contribution >= 0.6 is 0 Å². The molecule has 0 aromatic heterocycles. The van der Waals surface area contributed by atoms with Crippen molar-refractivity contribution in [2.24, 2.45) is 0 Å². The van der Waals surface area contributed by atoms with E-state index in [1.165, 1.54) is 11.6 Å². The first-order valence-electron chi connectivity index (χ1n) is 9.43. The molecule has 0 spiro atoms. The van der Waals surface area contributed by atoms with E-state index < -0.39 is 6.61 Å². The second kappa shape index (κ2) is 10.0. The van der Waals surface area contributed by atoms with Crippen molar-refractivity contribution in [3.63, 3.8) is 0 Å². The highest BCUT2D eigenvalue weighted by molar-refractivity contribution is 5.74. The van der Waals surface area contributed by atoms with Crippen molar-refractivity contribution in [1.82, 2.24) is 15.1 Å². The average molecular weight is 389 g/mol. The van der Waals surface area contributed by atoms with Crippen LogP contribution in [0.5, 0.6) is 5.75 Å². The smallest absolute Gasteiger partial charge is 0.387 e. The van der Waals surface area contributed by atoms with Crippen molar-refractivity contribution in [2.75, 3.05) is 26.2 Å². The fourth-order valence-corrected chi connectivity index (χ4v) is 3.32. The van der Waals surface area contributed by atoms with Crippen molar-refractivity contribution in [3.05, 3.63) is 65.7 Å². The standard InChI is InChI=1S/C21H25F2N3O2/c22-20(23)28-19-10-5-4-9-18(19)15-24-21(27)26-12-6-11-25(13-14-26)16-17-7-2-1-3-8-17/h1-5,7-10,20H,6,11-16H2,(H,24,27). The van der Waals surface area contributed by atoms with Crippen LogP contribution in [0.1, 0.15) is 17.5 Å². The van der Waals surface area contributed by atoms with Crippen LogP contribution in [0.2, 0.25) is 0 Å². The number of benzene rings is 2. The van der Waals surface area contributed by atoms with Crippen LogP contribution < -0.4 is 10.1 Å². The number of hydrogen-bond donors (Lipinski definition) is 1. The summed E-state index contributed by atoms with van der Waals surface area (Å²) in [6.07, 6.45) is 0.894. The lowest BCUT2D eigenvalue weighted by atomic mass is 10.2. The summed E-state index contributed by atoms with van der Waals surface area (Å²) in [5.41, 5.74) is 1.78. The molecular formula is C21H25F2N3O2. The summed E-state index contributed by atoms with van der Waals surface area (Å²) in [5, 5.41) is 2.82. The lowest BCUT2D eigenvalue weighted by Crippen LogP contribution is -2.41. The Balaban J connectivity index is 1.50. The zero-order valence-corrected chi connectivity index (χ0v) is 15.7. The van der Waals surface area contributed by atoms with Crippen molar-refractivity contribution < 1.29 is 18.3 Å². The van der Waals surface area contributed by atoms with E-state index in [-0.39, 0.29) is 18.3 Å². The van der Waals surface area contributed by atoms with Crippen molar-refractivity contribution in [1.29, 1.82) is 0 Å². The van der Waals surface area contributed by atoms with Gasteiger partial charge in [-0.2, -0.15) is 8.78 Å². The van der Waals surface area contributed by atoms with Gasteiger partial charge in [0.15, 0.2) is 0 Å². The van der Waals surface area contributed by atoms with E-state index in [2.05, 4.69) is 27.1 Å². The number of amides is 2. The number of rotatable bonds is 6. The van der Waals surface area contributed by atoms with Gasteiger partial charge in [-0.1, -0.05) is 48.5 Å². The highest BCUT2D eigenvalue weighted by Gasteiger charge is 2.19. The number of carbonyl (C=O) groups excluding carboxylic acids is 1. The van der Waals surface area contributed by atoms with Gasteiger partial charge in [0.25, 0.3) is 0 Å². The normalized spacial score (nSPS) is 15.3. The molecule has 2 aromatic rings. The largest absolute Gasteiger partial charge is 0.434 e. The highest BCUT2D eigenvalue weighted by atomic mass is 19.3. The van der Waals surface area contributed by atoms with Crippen LogP contribution in [0, 0.1) is 0 Å². The molecule has 1 N–H and O–H groups in total. The fourth-order valence-electron chi connectivity index (χ4n) is 3.32. The average Bonchev–Trinajstić information content (AvgIpc) is 2.93. The zero-order valence-electron chi connectivity index (χ0n) is 15.7. The summed E-state index contributed by atoms with van der Waals surface area (Å²) in [7, 11) is 0. The molecule has 28 heavy (non-hydrogen) atoms. The number of alkyl halides is 2. The maximum Gasteiger partial charge on any atom is 0.387 e. The minimum Gasteiger partial charge on any atom is -0.434 e. The summed E-state index contributed by atoms with van der Waals surface area (Å²) in [5.74, 6) is 0.0858. The maximum atomic E-state index is 12.5. The SMILES string of the molecule is O=C(NCc1ccccc1OC(F)F)N1CCCN(Cc2ccccc2)CC1. The van der Waals surface area contributed by atoms with Gasteiger partial charge in [-0.25, -0.2) is 4.79 Å². The molecule has 7 heteroatoms. The zero-order chi connectivity index (χ0) is 19.8.